The van der Waals surface area contributed by atoms with E-state index >= 15 is 0 Å². The zero-order chi connectivity index (χ0) is 11.5. The lowest BCUT2D eigenvalue weighted by Crippen LogP contribution is -2.13. The van der Waals surface area contributed by atoms with Crippen LogP contribution in [0.1, 0.15) is 17.0 Å². The molecule has 0 aliphatic carbocycles. The predicted octanol–water partition coefficient (Wildman–Crippen LogP) is 2.43. The number of H-pyrrole nitrogens is 1. The van der Waals surface area contributed by atoms with Crippen LogP contribution >= 0.6 is 15.9 Å². The van der Waals surface area contributed by atoms with Crippen molar-refractivity contribution in [2.45, 2.75) is 13.3 Å². The minimum Gasteiger partial charge on any atom is -0.310 e. The summed E-state index contributed by atoms with van der Waals surface area (Å²) in [5.41, 5.74) is 2.49. The van der Waals surface area contributed by atoms with E-state index in [2.05, 4.69) is 25.9 Å². The van der Waals surface area contributed by atoms with Crippen molar-refractivity contribution < 1.29 is 0 Å². The molecule has 0 fully saturated rings. The number of benzene rings is 1. The second kappa shape index (κ2) is 4.61. The Bertz CT molecular complexity index is 546. The third-order valence-corrected chi connectivity index (χ3v) is 2.76. The molecule has 1 heterocycles. The first-order valence-electron chi connectivity index (χ1n) is 4.95. The second-order valence-corrected chi connectivity index (χ2v) is 4.58. The minimum atomic E-state index is -0.285. The third-order valence-electron chi connectivity index (χ3n) is 2.23. The molecule has 3 nitrogen and oxygen atoms in total. The van der Waals surface area contributed by atoms with Crippen LogP contribution < -0.4 is 5.69 Å². The Morgan fingerprint density at radius 1 is 1.31 bits per heavy atom. The molecule has 0 unspecified atom stereocenters. The summed E-state index contributed by atoms with van der Waals surface area (Å²) in [6.07, 6.45) is 0.679. The quantitative estimate of drug-likeness (QED) is 0.917. The van der Waals surface area contributed by atoms with Crippen molar-refractivity contribution in [2.24, 2.45) is 0 Å². The van der Waals surface area contributed by atoms with Crippen LogP contribution in [0.15, 0.2) is 39.6 Å². The van der Waals surface area contributed by atoms with E-state index in [0.29, 0.717) is 6.42 Å². The number of rotatable bonds is 2. The third kappa shape index (κ3) is 2.79. The molecule has 0 aliphatic rings. The Balaban J connectivity index is 2.26. The molecule has 0 saturated carbocycles. The average Bonchev–Trinajstić information content (AvgIpc) is 2.20. The van der Waals surface area contributed by atoms with Gasteiger partial charge >= 0.3 is 5.69 Å². The maximum Gasteiger partial charge on any atom is 0.345 e. The van der Waals surface area contributed by atoms with E-state index in [4.69, 9.17) is 0 Å². The maximum atomic E-state index is 11.2. The van der Waals surface area contributed by atoms with Crippen LogP contribution in [-0.4, -0.2) is 9.97 Å². The molecule has 0 bridgehead atoms. The second-order valence-electron chi connectivity index (χ2n) is 3.66. The molecular weight excluding hydrogens is 268 g/mol. The van der Waals surface area contributed by atoms with Crippen molar-refractivity contribution in [3.63, 3.8) is 0 Å². The average molecular weight is 279 g/mol. The summed E-state index contributed by atoms with van der Waals surface area (Å²) in [5.74, 6) is 0. The smallest absolute Gasteiger partial charge is 0.310 e. The van der Waals surface area contributed by atoms with E-state index in [1.807, 2.05) is 37.3 Å². The molecule has 2 aromatic rings. The summed E-state index contributed by atoms with van der Waals surface area (Å²) in [5, 5.41) is 0. The molecule has 0 radical (unpaired) electrons. The van der Waals surface area contributed by atoms with Crippen molar-refractivity contribution in [2.75, 3.05) is 0 Å². The van der Waals surface area contributed by atoms with Gasteiger partial charge in [-0.15, -0.1) is 0 Å². The highest BCUT2D eigenvalue weighted by atomic mass is 79.9. The number of hydrogen-bond donors (Lipinski definition) is 1. The summed E-state index contributed by atoms with van der Waals surface area (Å²) >= 11 is 3.38. The molecular formula is C12H11BrN2O. The van der Waals surface area contributed by atoms with Crippen molar-refractivity contribution in [1.82, 2.24) is 9.97 Å². The van der Waals surface area contributed by atoms with Gasteiger partial charge in [-0.2, -0.15) is 4.98 Å². The topological polar surface area (TPSA) is 45.8 Å². The number of nitrogens with one attached hydrogen (secondary N) is 1. The van der Waals surface area contributed by atoms with Crippen molar-refractivity contribution in [3.8, 4) is 0 Å². The van der Waals surface area contributed by atoms with E-state index in [1.165, 1.54) is 0 Å². The monoisotopic (exact) mass is 278 g/mol. The van der Waals surface area contributed by atoms with Crippen LogP contribution in [0, 0.1) is 6.92 Å². The van der Waals surface area contributed by atoms with Gasteiger partial charge in [0.1, 0.15) is 0 Å². The molecule has 2 rings (SSSR count). The fourth-order valence-corrected chi connectivity index (χ4v) is 1.81. The van der Waals surface area contributed by atoms with Gasteiger partial charge in [-0.1, -0.05) is 28.1 Å². The molecule has 0 amide bonds. The number of nitrogens with zero attached hydrogens (tertiary/aromatic N) is 1. The lowest BCUT2D eigenvalue weighted by molar-refractivity contribution is 0.949. The Morgan fingerprint density at radius 2 is 2.00 bits per heavy atom. The Hall–Kier alpha value is -1.42. The summed E-state index contributed by atoms with van der Waals surface area (Å²) in [7, 11) is 0. The first-order chi connectivity index (χ1) is 7.63. The minimum absolute atomic E-state index is 0.285. The van der Waals surface area contributed by atoms with Crippen LogP contribution in [0.25, 0.3) is 0 Å². The van der Waals surface area contributed by atoms with Gasteiger partial charge in [0, 0.05) is 16.6 Å². The molecule has 16 heavy (non-hydrogen) atoms. The molecule has 0 atom stereocenters. The highest BCUT2D eigenvalue weighted by molar-refractivity contribution is 9.10. The Labute approximate surface area is 102 Å². The first-order valence-corrected chi connectivity index (χ1v) is 5.74. The molecule has 4 heteroatoms. The van der Waals surface area contributed by atoms with Gasteiger partial charge in [0.15, 0.2) is 0 Å². The predicted molar refractivity (Wildman–Crippen MR) is 66.5 cm³/mol. The van der Waals surface area contributed by atoms with Gasteiger partial charge < -0.3 is 4.98 Å². The summed E-state index contributed by atoms with van der Waals surface area (Å²) in [4.78, 5) is 17.7. The van der Waals surface area contributed by atoms with E-state index in [1.54, 1.807) is 0 Å². The number of aryl methyl sites for hydroxylation is 1. The zero-order valence-electron chi connectivity index (χ0n) is 8.83. The summed E-state index contributed by atoms with van der Waals surface area (Å²) < 4.78 is 1.05. The Kier molecular flexibility index (Phi) is 3.19. The summed E-state index contributed by atoms with van der Waals surface area (Å²) in [6, 6.07) is 9.89. The molecule has 1 N–H and O–H groups in total. The van der Waals surface area contributed by atoms with E-state index < -0.39 is 0 Å². The normalized spacial score (nSPS) is 10.4. The lowest BCUT2D eigenvalue weighted by Gasteiger charge is -2.01. The standard InChI is InChI=1S/C12H11BrN2O/c1-8-6-11(15-12(16)14-8)7-9-2-4-10(13)5-3-9/h2-6H,7H2,1H3,(H,14,15,16). The fraction of sp³-hybridized carbons (Fsp3) is 0.167. The van der Waals surface area contributed by atoms with Crippen molar-refractivity contribution in [3.05, 3.63) is 62.2 Å². The molecule has 1 aromatic carbocycles. The number of hydrogen-bond acceptors (Lipinski definition) is 2. The Morgan fingerprint density at radius 3 is 2.62 bits per heavy atom. The molecule has 1 aromatic heterocycles. The van der Waals surface area contributed by atoms with Crippen molar-refractivity contribution >= 4 is 15.9 Å². The fourth-order valence-electron chi connectivity index (χ4n) is 1.55. The molecule has 0 spiro atoms. The van der Waals surface area contributed by atoms with Crippen LogP contribution in [-0.2, 0) is 6.42 Å². The van der Waals surface area contributed by atoms with Gasteiger partial charge in [-0.05, 0) is 30.7 Å². The van der Waals surface area contributed by atoms with Crippen LogP contribution in [0.5, 0.6) is 0 Å². The van der Waals surface area contributed by atoms with Crippen molar-refractivity contribution in [1.29, 1.82) is 0 Å². The number of halogens is 1. The van der Waals surface area contributed by atoms with Crippen LogP contribution in [0.4, 0.5) is 0 Å². The molecule has 0 aliphatic heterocycles. The summed E-state index contributed by atoms with van der Waals surface area (Å²) in [6.45, 7) is 1.86. The SMILES string of the molecule is Cc1cc(Cc2ccc(Br)cc2)nc(=O)[nH]1. The van der Waals surface area contributed by atoms with Gasteiger partial charge in [-0.3, -0.25) is 0 Å². The van der Waals surface area contributed by atoms with Crippen LogP contribution in [0.2, 0.25) is 0 Å². The van der Waals surface area contributed by atoms with Crippen LogP contribution in [0.3, 0.4) is 0 Å². The number of aromatic amines is 1. The molecule has 0 saturated heterocycles. The van der Waals surface area contributed by atoms with Gasteiger partial charge in [0.2, 0.25) is 0 Å². The zero-order valence-corrected chi connectivity index (χ0v) is 10.4. The first kappa shape index (κ1) is 11.1. The van der Waals surface area contributed by atoms with E-state index in [0.717, 1.165) is 21.4 Å². The highest BCUT2D eigenvalue weighted by Gasteiger charge is 2.00. The number of aromatic nitrogens is 2. The molecule has 82 valence electrons. The maximum absolute atomic E-state index is 11.2. The largest absolute Gasteiger partial charge is 0.345 e. The van der Waals surface area contributed by atoms with Gasteiger partial charge in [0.05, 0.1) is 5.69 Å². The van der Waals surface area contributed by atoms with Gasteiger partial charge in [0.25, 0.3) is 0 Å². The van der Waals surface area contributed by atoms with Gasteiger partial charge in [-0.25, -0.2) is 4.79 Å². The highest BCUT2D eigenvalue weighted by Crippen LogP contribution is 2.12. The van der Waals surface area contributed by atoms with E-state index in [-0.39, 0.29) is 5.69 Å². The van der Waals surface area contributed by atoms with E-state index in [9.17, 15) is 4.79 Å². The lowest BCUT2D eigenvalue weighted by atomic mass is 10.1.